The maximum Gasteiger partial charge on any atom is 0.183 e. The van der Waals surface area contributed by atoms with Gasteiger partial charge in [0.25, 0.3) is 0 Å². The molecule has 0 N–H and O–H groups in total. The third-order valence-electron chi connectivity index (χ3n) is 4.20. The van der Waals surface area contributed by atoms with Crippen molar-refractivity contribution >= 4 is 5.90 Å². The monoisotopic (exact) mass is 355 g/mol. The lowest BCUT2D eigenvalue weighted by molar-refractivity contribution is 0.273. The number of aliphatic imine (C=N–C) groups is 1. The second-order valence-corrected chi connectivity index (χ2v) is 7.56. The summed E-state index contributed by atoms with van der Waals surface area (Å²) in [5, 5.41) is 0. The molecule has 0 spiro atoms. The fourth-order valence-electron chi connectivity index (χ4n) is 2.69. The number of unbranched alkanes of at least 4 members (excludes halogenated alkanes) is 7. The molecule has 0 radical (unpaired) electrons. The summed E-state index contributed by atoms with van der Waals surface area (Å²) < 4.78 is 5.57. The summed E-state index contributed by atoms with van der Waals surface area (Å²) in [6, 6.07) is 0. The first-order chi connectivity index (χ1) is 12.6. The Kier molecular flexibility index (Phi) is 12.5. The number of hydrogen-bond donors (Lipinski definition) is 0. The van der Waals surface area contributed by atoms with Gasteiger partial charge in [0.1, 0.15) is 6.61 Å². The van der Waals surface area contributed by atoms with Crippen LogP contribution in [0.25, 0.3) is 0 Å². The number of hydrogen-bond acceptors (Lipinski definition) is 2. The molecule has 0 aromatic heterocycles. The highest BCUT2D eigenvalue weighted by atomic mass is 16.5. The SMILES string of the molecule is CCCCC/C=C\CCCCC#CCC#CCCCC1=NC(C)(C)CO1. The average molecular weight is 356 g/mol. The number of ether oxygens (including phenoxy) is 1. The van der Waals surface area contributed by atoms with E-state index < -0.39 is 0 Å². The van der Waals surface area contributed by atoms with Gasteiger partial charge in [-0.05, 0) is 52.4 Å². The number of nitrogens with zero attached hydrogens (tertiary/aromatic N) is 1. The van der Waals surface area contributed by atoms with Gasteiger partial charge in [-0.2, -0.15) is 0 Å². The highest BCUT2D eigenvalue weighted by Gasteiger charge is 2.25. The van der Waals surface area contributed by atoms with E-state index in [0.717, 1.165) is 31.6 Å². The maximum atomic E-state index is 5.57. The van der Waals surface area contributed by atoms with E-state index in [2.05, 4.69) is 61.6 Å². The summed E-state index contributed by atoms with van der Waals surface area (Å²) in [6.07, 6.45) is 18.0. The summed E-state index contributed by atoms with van der Waals surface area (Å²) in [6.45, 7) is 7.16. The lowest BCUT2D eigenvalue weighted by Gasteiger charge is -2.07. The second-order valence-electron chi connectivity index (χ2n) is 7.56. The number of allylic oxidation sites excluding steroid dienone is 2. The topological polar surface area (TPSA) is 21.6 Å². The van der Waals surface area contributed by atoms with E-state index in [1.807, 2.05) is 0 Å². The Hall–Kier alpha value is -1.67. The van der Waals surface area contributed by atoms with Gasteiger partial charge in [0.15, 0.2) is 5.90 Å². The standard InChI is InChI=1S/C24H37NO/c1-4-5-6-7-8-9-10-11-12-13-14-15-16-17-18-19-20-21-23-25-24(2,3)22-26-23/h8-9H,4-7,10-13,16,19-22H2,1-3H3/b9-8-. The fraction of sp³-hybridized carbons (Fsp3) is 0.708. The van der Waals surface area contributed by atoms with Gasteiger partial charge in [0, 0.05) is 19.3 Å². The second kappa shape index (κ2) is 14.5. The Morgan fingerprint density at radius 1 is 0.923 bits per heavy atom. The van der Waals surface area contributed by atoms with E-state index in [1.165, 1.54) is 44.9 Å². The smallest absolute Gasteiger partial charge is 0.183 e. The Labute approximate surface area is 161 Å². The molecule has 0 saturated heterocycles. The van der Waals surface area contributed by atoms with Crippen LogP contribution < -0.4 is 0 Å². The molecule has 1 aliphatic heterocycles. The molecular weight excluding hydrogens is 318 g/mol. The third kappa shape index (κ3) is 12.7. The van der Waals surface area contributed by atoms with Gasteiger partial charge in [0.2, 0.25) is 0 Å². The van der Waals surface area contributed by atoms with Gasteiger partial charge in [0.05, 0.1) is 12.0 Å². The van der Waals surface area contributed by atoms with Crippen LogP contribution in [0.1, 0.15) is 97.8 Å². The minimum atomic E-state index is -0.0402. The van der Waals surface area contributed by atoms with E-state index in [9.17, 15) is 0 Å². The number of rotatable bonds is 11. The van der Waals surface area contributed by atoms with Crippen molar-refractivity contribution in [3.8, 4) is 23.7 Å². The molecule has 0 atom stereocenters. The molecule has 0 aliphatic carbocycles. The Bertz CT molecular complexity index is 548. The normalized spacial score (nSPS) is 15.0. The Morgan fingerprint density at radius 3 is 2.19 bits per heavy atom. The van der Waals surface area contributed by atoms with E-state index in [0.29, 0.717) is 13.0 Å². The van der Waals surface area contributed by atoms with Gasteiger partial charge in [-0.15, -0.1) is 11.8 Å². The first-order valence-corrected chi connectivity index (χ1v) is 10.4. The van der Waals surface area contributed by atoms with Gasteiger partial charge < -0.3 is 4.74 Å². The first kappa shape index (κ1) is 22.4. The van der Waals surface area contributed by atoms with Crippen LogP contribution in [-0.4, -0.2) is 18.0 Å². The van der Waals surface area contributed by atoms with Crippen molar-refractivity contribution in [3.05, 3.63) is 12.2 Å². The van der Waals surface area contributed by atoms with Crippen LogP contribution in [0.5, 0.6) is 0 Å². The molecule has 0 saturated carbocycles. The quantitative estimate of drug-likeness (QED) is 0.237. The molecule has 144 valence electrons. The minimum Gasteiger partial charge on any atom is -0.478 e. The molecule has 2 heteroatoms. The van der Waals surface area contributed by atoms with Crippen molar-refractivity contribution in [3.63, 3.8) is 0 Å². The summed E-state index contributed by atoms with van der Waals surface area (Å²) >= 11 is 0. The van der Waals surface area contributed by atoms with E-state index in [-0.39, 0.29) is 5.54 Å². The zero-order valence-electron chi connectivity index (χ0n) is 17.2. The molecule has 0 aromatic carbocycles. The summed E-state index contributed by atoms with van der Waals surface area (Å²) in [5.41, 5.74) is -0.0402. The zero-order chi connectivity index (χ0) is 18.9. The summed E-state index contributed by atoms with van der Waals surface area (Å²) in [7, 11) is 0. The van der Waals surface area contributed by atoms with Crippen molar-refractivity contribution in [2.24, 2.45) is 4.99 Å². The highest BCUT2D eigenvalue weighted by molar-refractivity contribution is 5.78. The van der Waals surface area contributed by atoms with Crippen molar-refractivity contribution in [1.29, 1.82) is 0 Å². The predicted octanol–water partition coefficient (Wildman–Crippen LogP) is 6.46. The lowest BCUT2D eigenvalue weighted by atomic mass is 10.1. The molecule has 2 nitrogen and oxygen atoms in total. The van der Waals surface area contributed by atoms with E-state index in [4.69, 9.17) is 4.74 Å². The third-order valence-corrected chi connectivity index (χ3v) is 4.20. The first-order valence-electron chi connectivity index (χ1n) is 10.4. The van der Waals surface area contributed by atoms with Crippen LogP contribution in [0.4, 0.5) is 0 Å². The van der Waals surface area contributed by atoms with Crippen molar-refractivity contribution in [1.82, 2.24) is 0 Å². The van der Waals surface area contributed by atoms with Crippen molar-refractivity contribution < 1.29 is 4.74 Å². The molecule has 0 fully saturated rings. The van der Waals surface area contributed by atoms with Crippen LogP contribution in [0, 0.1) is 23.7 Å². The molecule has 1 rings (SSSR count). The lowest BCUT2D eigenvalue weighted by Crippen LogP contribution is -2.17. The molecule has 0 bridgehead atoms. The van der Waals surface area contributed by atoms with E-state index in [1.54, 1.807) is 0 Å². The van der Waals surface area contributed by atoms with Crippen LogP contribution in [-0.2, 0) is 4.74 Å². The Balaban J connectivity index is 1.92. The van der Waals surface area contributed by atoms with Crippen LogP contribution >= 0.6 is 0 Å². The molecule has 0 amide bonds. The van der Waals surface area contributed by atoms with Gasteiger partial charge in [-0.25, -0.2) is 4.99 Å². The van der Waals surface area contributed by atoms with Crippen molar-refractivity contribution in [2.75, 3.05) is 6.61 Å². The van der Waals surface area contributed by atoms with Gasteiger partial charge in [-0.3, -0.25) is 0 Å². The molecule has 0 aromatic rings. The van der Waals surface area contributed by atoms with E-state index >= 15 is 0 Å². The predicted molar refractivity (Wildman–Crippen MR) is 113 cm³/mol. The highest BCUT2D eigenvalue weighted by Crippen LogP contribution is 2.19. The maximum absolute atomic E-state index is 5.57. The molecule has 0 unspecified atom stereocenters. The fourth-order valence-corrected chi connectivity index (χ4v) is 2.69. The average Bonchev–Trinajstić information content (AvgIpc) is 2.96. The van der Waals surface area contributed by atoms with Crippen LogP contribution in [0.15, 0.2) is 17.1 Å². The molecule has 1 heterocycles. The Morgan fingerprint density at radius 2 is 1.58 bits per heavy atom. The molecule has 1 aliphatic rings. The van der Waals surface area contributed by atoms with Crippen LogP contribution in [0.3, 0.4) is 0 Å². The minimum absolute atomic E-state index is 0.0402. The largest absolute Gasteiger partial charge is 0.478 e. The van der Waals surface area contributed by atoms with Crippen molar-refractivity contribution in [2.45, 2.75) is 103 Å². The van der Waals surface area contributed by atoms with Crippen LogP contribution in [0.2, 0.25) is 0 Å². The summed E-state index contributed by atoms with van der Waals surface area (Å²) in [5.74, 6) is 13.6. The zero-order valence-corrected chi connectivity index (χ0v) is 17.2. The molecule has 26 heavy (non-hydrogen) atoms. The van der Waals surface area contributed by atoms with Gasteiger partial charge in [-0.1, -0.05) is 43.8 Å². The summed E-state index contributed by atoms with van der Waals surface area (Å²) in [4.78, 5) is 4.55. The van der Waals surface area contributed by atoms with Gasteiger partial charge >= 0.3 is 0 Å². The molecular formula is C24H37NO.